The van der Waals surface area contributed by atoms with Crippen LogP contribution in [0.4, 0.5) is 0 Å². The molecule has 114 valence electrons. The lowest BCUT2D eigenvalue weighted by atomic mass is 9.89. The molecule has 2 aromatic rings. The van der Waals surface area contributed by atoms with Gasteiger partial charge in [0.25, 0.3) is 0 Å². The Labute approximate surface area is 132 Å². The molecule has 0 N–H and O–H groups in total. The van der Waals surface area contributed by atoms with Crippen LogP contribution in [-0.2, 0) is 11.2 Å². The topological polar surface area (TPSA) is 33.2 Å². The molecule has 0 spiro atoms. The normalized spacial score (nSPS) is 15.8. The van der Waals surface area contributed by atoms with Gasteiger partial charge >= 0.3 is 0 Å². The Balaban J connectivity index is 1.57. The minimum atomic E-state index is 0.202. The van der Waals surface area contributed by atoms with Crippen LogP contribution in [0, 0.1) is 6.92 Å². The summed E-state index contributed by atoms with van der Waals surface area (Å²) >= 11 is 0. The van der Waals surface area contributed by atoms with Gasteiger partial charge in [-0.15, -0.1) is 0 Å². The summed E-state index contributed by atoms with van der Waals surface area (Å²) in [6.45, 7) is 3.71. The van der Waals surface area contributed by atoms with Crippen LogP contribution >= 0.6 is 0 Å². The summed E-state index contributed by atoms with van der Waals surface area (Å²) in [5.41, 5.74) is 3.39. The average molecular weight is 294 g/mol. The van der Waals surface area contributed by atoms with E-state index in [0.717, 1.165) is 37.2 Å². The third-order valence-electron chi connectivity index (χ3n) is 4.56. The Hall–Kier alpha value is -2.16. The van der Waals surface area contributed by atoms with Crippen molar-refractivity contribution in [3.05, 3.63) is 65.5 Å². The summed E-state index contributed by atoms with van der Waals surface area (Å²) in [5, 5.41) is 0. The second-order valence-electron chi connectivity index (χ2n) is 6.01. The molecule has 0 aliphatic carbocycles. The van der Waals surface area contributed by atoms with Gasteiger partial charge in [0.15, 0.2) is 0 Å². The fraction of sp³-hybridized carbons (Fsp3) is 0.368. The molecule has 3 rings (SSSR count). The second kappa shape index (κ2) is 6.73. The van der Waals surface area contributed by atoms with E-state index >= 15 is 0 Å². The number of amides is 1. The Kier molecular flexibility index (Phi) is 4.52. The van der Waals surface area contributed by atoms with E-state index in [9.17, 15) is 4.79 Å². The highest BCUT2D eigenvalue weighted by molar-refractivity contribution is 5.78. The van der Waals surface area contributed by atoms with Crippen molar-refractivity contribution in [1.82, 2.24) is 9.88 Å². The van der Waals surface area contributed by atoms with Crippen molar-refractivity contribution in [1.29, 1.82) is 0 Å². The van der Waals surface area contributed by atoms with Gasteiger partial charge in [0, 0.05) is 19.3 Å². The number of likely N-dealkylation sites (tertiary alicyclic amines) is 1. The zero-order chi connectivity index (χ0) is 15.4. The zero-order valence-corrected chi connectivity index (χ0v) is 13.0. The molecule has 0 unspecified atom stereocenters. The van der Waals surface area contributed by atoms with Gasteiger partial charge < -0.3 is 4.90 Å². The quantitative estimate of drug-likeness (QED) is 0.870. The first-order valence-electron chi connectivity index (χ1n) is 7.97. The van der Waals surface area contributed by atoms with Gasteiger partial charge in [-0.25, -0.2) is 0 Å². The minimum Gasteiger partial charge on any atom is -0.342 e. The third kappa shape index (κ3) is 3.35. The second-order valence-corrected chi connectivity index (χ2v) is 6.01. The molecule has 1 fully saturated rings. The number of carbonyl (C=O) groups excluding carboxylic acids is 1. The molecular weight excluding hydrogens is 272 g/mol. The van der Waals surface area contributed by atoms with Crippen molar-refractivity contribution in [3.8, 4) is 0 Å². The number of aromatic nitrogens is 1. The van der Waals surface area contributed by atoms with Crippen molar-refractivity contribution in [3.63, 3.8) is 0 Å². The number of pyridine rings is 1. The van der Waals surface area contributed by atoms with Crippen LogP contribution in [0.3, 0.4) is 0 Å². The average Bonchev–Trinajstić information content (AvgIpc) is 2.58. The lowest BCUT2D eigenvalue weighted by Crippen LogP contribution is -2.39. The summed E-state index contributed by atoms with van der Waals surface area (Å²) in [4.78, 5) is 18.8. The predicted molar refractivity (Wildman–Crippen MR) is 87.7 cm³/mol. The summed E-state index contributed by atoms with van der Waals surface area (Å²) in [6.07, 6.45) is 4.29. The predicted octanol–water partition coefficient (Wildman–Crippen LogP) is 3.34. The maximum atomic E-state index is 12.4. The highest BCUT2D eigenvalue weighted by Gasteiger charge is 2.24. The van der Waals surface area contributed by atoms with E-state index in [1.165, 1.54) is 5.56 Å². The highest BCUT2D eigenvalue weighted by Crippen LogP contribution is 2.28. The first-order valence-corrected chi connectivity index (χ1v) is 7.97. The molecule has 3 nitrogen and oxygen atoms in total. The van der Waals surface area contributed by atoms with E-state index < -0.39 is 0 Å². The van der Waals surface area contributed by atoms with Gasteiger partial charge in [-0.1, -0.05) is 36.4 Å². The number of carbonyl (C=O) groups is 1. The van der Waals surface area contributed by atoms with E-state index in [0.29, 0.717) is 12.3 Å². The Morgan fingerprint density at radius 3 is 2.55 bits per heavy atom. The fourth-order valence-electron chi connectivity index (χ4n) is 3.15. The van der Waals surface area contributed by atoms with Crippen LogP contribution in [-0.4, -0.2) is 28.9 Å². The van der Waals surface area contributed by atoms with Gasteiger partial charge in [-0.2, -0.15) is 0 Å². The summed E-state index contributed by atoms with van der Waals surface area (Å²) in [7, 11) is 0. The largest absolute Gasteiger partial charge is 0.342 e. The highest BCUT2D eigenvalue weighted by atomic mass is 16.2. The molecule has 1 amide bonds. The van der Waals surface area contributed by atoms with Crippen molar-refractivity contribution in [2.24, 2.45) is 0 Å². The van der Waals surface area contributed by atoms with E-state index in [4.69, 9.17) is 0 Å². The Morgan fingerprint density at radius 2 is 1.86 bits per heavy atom. The van der Waals surface area contributed by atoms with Crippen molar-refractivity contribution in [2.45, 2.75) is 32.1 Å². The van der Waals surface area contributed by atoms with Crippen LogP contribution in [0.5, 0.6) is 0 Å². The lowest BCUT2D eigenvalue weighted by molar-refractivity contribution is -0.131. The standard InChI is InChI=1S/C19H22N2O/c1-15-6-5-11-20-18(15)14-19(22)21-12-9-17(10-13-21)16-7-3-2-4-8-16/h2-8,11,17H,9-10,12-14H2,1H3. The molecule has 0 radical (unpaired) electrons. The third-order valence-corrected chi connectivity index (χ3v) is 4.56. The monoisotopic (exact) mass is 294 g/mol. The van der Waals surface area contributed by atoms with E-state index in [1.807, 2.05) is 24.0 Å². The number of rotatable bonds is 3. The molecule has 1 aliphatic rings. The van der Waals surface area contributed by atoms with Gasteiger partial charge in [0.05, 0.1) is 12.1 Å². The molecule has 1 aromatic heterocycles. The van der Waals surface area contributed by atoms with Crippen molar-refractivity contribution in [2.75, 3.05) is 13.1 Å². The Morgan fingerprint density at radius 1 is 1.14 bits per heavy atom. The summed E-state index contributed by atoms with van der Waals surface area (Å²) < 4.78 is 0. The number of benzene rings is 1. The van der Waals surface area contributed by atoms with Gasteiger partial charge in [-0.3, -0.25) is 9.78 Å². The molecule has 0 bridgehead atoms. The number of hydrogen-bond donors (Lipinski definition) is 0. The molecule has 0 atom stereocenters. The van der Waals surface area contributed by atoms with E-state index in [1.54, 1.807) is 6.20 Å². The van der Waals surface area contributed by atoms with Crippen LogP contribution in [0.25, 0.3) is 0 Å². The first-order chi connectivity index (χ1) is 10.7. The molecule has 1 aliphatic heterocycles. The van der Waals surface area contributed by atoms with E-state index in [-0.39, 0.29) is 5.91 Å². The first kappa shape index (κ1) is 14.8. The molecule has 2 heterocycles. The van der Waals surface area contributed by atoms with Gasteiger partial charge in [0.2, 0.25) is 5.91 Å². The fourth-order valence-corrected chi connectivity index (χ4v) is 3.15. The van der Waals surface area contributed by atoms with Gasteiger partial charge in [-0.05, 0) is 42.9 Å². The van der Waals surface area contributed by atoms with E-state index in [2.05, 4.69) is 35.3 Å². The van der Waals surface area contributed by atoms with Crippen LogP contribution in [0.2, 0.25) is 0 Å². The molecule has 1 aromatic carbocycles. The lowest BCUT2D eigenvalue weighted by Gasteiger charge is -2.32. The minimum absolute atomic E-state index is 0.202. The number of hydrogen-bond acceptors (Lipinski definition) is 2. The zero-order valence-electron chi connectivity index (χ0n) is 13.0. The summed E-state index contributed by atoms with van der Waals surface area (Å²) in [6, 6.07) is 14.6. The summed E-state index contributed by atoms with van der Waals surface area (Å²) in [5.74, 6) is 0.787. The number of piperidine rings is 1. The molecule has 0 saturated carbocycles. The molecular formula is C19H22N2O. The van der Waals surface area contributed by atoms with Crippen LogP contribution in [0.1, 0.15) is 35.6 Å². The maximum Gasteiger partial charge on any atom is 0.228 e. The molecule has 3 heteroatoms. The Bertz CT molecular complexity index is 631. The van der Waals surface area contributed by atoms with Crippen molar-refractivity contribution >= 4 is 5.91 Å². The van der Waals surface area contributed by atoms with Crippen LogP contribution in [0.15, 0.2) is 48.7 Å². The molecule has 22 heavy (non-hydrogen) atoms. The van der Waals surface area contributed by atoms with Crippen LogP contribution < -0.4 is 0 Å². The number of aryl methyl sites for hydroxylation is 1. The molecule has 1 saturated heterocycles. The maximum absolute atomic E-state index is 12.4. The smallest absolute Gasteiger partial charge is 0.228 e. The SMILES string of the molecule is Cc1cccnc1CC(=O)N1CCC(c2ccccc2)CC1. The van der Waals surface area contributed by atoms with Gasteiger partial charge in [0.1, 0.15) is 0 Å². The van der Waals surface area contributed by atoms with Crippen molar-refractivity contribution < 1.29 is 4.79 Å². The number of nitrogens with zero attached hydrogens (tertiary/aromatic N) is 2.